The molecule has 23 heavy (non-hydrogen) atoms. The Morgan fingerprint density at radius 1 is 1.22 bits per heavy atom. The van der Waals surface area contributed by atoms with Gasteiger partial charge in [-0.1, -0.05) is 0 Å². The number of nitrogens with zero attached hydrogens (tertiary/aromatic N) is 5. The molecule has 1 aliphatic heterocycles. The molecule has 3 rings (SSSR count). The van der Waals surface area contributed by atoms with Crippen molar-refractivity contribution in [3.63, 3.8) is 0 Å². The predicted molar refractivity (Wildman–Crippen MR) is 78.7 cm³/mol. The van der Waals surface area contributed by atoms with Crippen LogP contribution in [0.25, 0.3) is 11.2 Å². The molecule has 4 atom stereocenters. The van der Waals surface area contributed by atoms with Gasteiger partial charge in [0.25, 0.3) is 0 Å². The first-order valence-electron chi connectivity index (χ1n) is 7.20. The van der Waals surface area contributed by atoms with E-state index in [0.717, 1.165) is 0 Å². The summed E-state index contributed by atoms with van der Waals surface area (Å²) in [6.45, 7) is -0.0504. The largest absolute Gasteiger partial charge is 0.395 e. The fourth-order valence-electron chi connectivity index (χ4n) is 2.67. The van der Waals surface area contributed by atoms with Gasteiger partial charge in [-0.3, -0.25) is 4.57 Å². The summed E-state index contributed by atoms with van der Waals surface area (Å²) in [5, 5.41) is 38.2. The van der Waals surface area contributed by atoms with Crippen molar-refractivity contribution in [1.29, 1.82) is 0 Å². The molecular formula is C13H19N5O5. The summed E-state index contributed by atoms with van der Waals surface area (Å²) >= 11 is 0. The molecule has 126 valence electrons. The average molecular weight is 325 g/mol. The molecular weight excluding hydrogens is 306 g/mol. The van der Waals surface area contributed by atoms with Crippen LogP contribution < -0.4 is 4.90 Å². The summed E-state index contributed by atoms with van der Waals surface area (Å²) in [5.74, 6) is 0.537. The quantitative estimate of drug-likeness (QED) is 0.485. The van der Waals surface area contributed by atoms with Gasteiger partial charge in [0, 0.05) is 13.6 Å². The molecule has 1 aliphatic rings. The van der Waals surface area contributed by atoms with Crippen LogP contribution in [0, 0.1) is 0 Å². The van der Waals surface area contributed by atoms with E-state index >= 15 is 0 Å². The van der Waals surface area contributed by atoms with E-state index in [4.69, 9.17) is 9.84 Å². The van der Waals surface area contributed by atoms with E-state index in [0.29, 0.717) is 23.5 Å². The second-order valence-corrected chi connectivity index (χ2v) is 5.40. The second-order valence-electron chi connectivity index (χ2n) is 5.40. The van der Waals surface area contributed by atoms with Crippen molar-refractivity contribution in [2.24, 2.45) is 0 Å². The maximum absolute atomic E-state index is 10.1. The fraction of sp³-hybridized carbons (Fsp3) is 0.615. The standard InChI is InChI=1S/C13H19N5O5/c1-17(2-3-19)11-8-12(15-5-14-11)18(6-16-8)13-10(22)9(21)7(4-20)23-13/h5-7,9-10,13,19-22H,2-4H2,1H3/t7-,9-,10-,13?/m1/s1. The summed E-state index contributed by atoms with van der Waals surface area (Å²) in [4.78, 5) is 14.3. The smallest absolute Gasteiger partial charge is 0.167 e. The minimum atomic E-state index is -1.21. The Hall–Kier alpha value is -1.85. The summed E-state index contributed by atoms with van der Waals surface area (Å²) in [6, 6.07) is 0. The summed E-state index contributed by atoms with van der Waals surface area (Å²) in [5.41, 5.74) is 0.913. The van der Waals surface area contributed by atoms with E-state index < -0.39 is 31.1 Å². The van der Waals surface area contributed by atoms with Crippen LogP contribution in [-0.4, -0.2) is 85.1 Å². The molecule has 0 aliphatic carbocycles. The number of likely N-dealkylation sites (N-methyl/N-ethyl adjacent to an activating group) is 1. The third-order valence-electron chi connectivity index (χ3n) is 3.93. The number of ether oxygens (including phenoxy) is 1. The zero-order valence-corrected chi connectivity index (χ0v) is 12.5. The zero-order valence-electron chi connectivity index (χ0n) is 12.5. The SMILES string of the molecule is CN(CCO)c1ncnc2c1ncn2C1O[C@H](CO)[C@@H](O)[C@H]1O. The first kappa shape index (κ1) is 16.0. The topological polar surface area (TPSA) is 137 Å². The monoisotopic (exact) mass is 325 g/mol. The average Bonchev–Trinajstić information content (AvgIpc) is 3.09. The first-order valence-corrected chi connectivity index (χ1v) is 7.20. The van der Waals surface area contributed by atoms with Crippen molar-refractivity contribution in [2.45, 2.75) is 24.5 Å². The molecule has 2 aromatic heterocycles. The molecule has 0 aromatic carbocycles. The van der Waals surface area contributed by atoms with Crippen molar-refractivity contribution in [1.82, 2.24) is 19.5 Å². The third-order valence-corrected chi connectivity index (χ3v) is 3.93. The van der Waals surface area contributed by atoms with Crippen LogP contribution >= 0.6 is 0 Å². The minimum absolute atomic E-state index is 0.0302. The van der Waals surface area contributed by atoms with Crippen molar-refractivity contribution in [2.75, 3.05) is 31.7 Å². The number of anilines is 1. The first-order chi connectivity index (χ1) is 11.1. The van der Waals surface area contributed by atoms with E-state index in [-0.39, 0.29) is 6.61 Å². The lowest BCUT2D eigenvalue weighted by atomic mass is 10.1. The van der Waals surface area contributed by atoms with Gasteiger partial charge in [-0.2, -0.15) is 0 Å². The number of aromatic nitrogens is 4. The highest BCUT2D eigenvalue weighted by molar-refractivity contribution is 5.83. The predicted octanol–water partition coefficient (Wildman–Crippen LogP) is -2.13. The van der Waals surface area contributed by atoms with Crippen LogP contribution in [-0.2, 0) is 4.74 Å². The molecule has 0 saturated carbocycles. The maximum atomic E-state index is 10.1. The Morgan fingerprint density at radius 3 is 2.65 bits per heavy atom. The van der Waals surface area contributed by atoms with E-state index in [1.165, 1.54) is 17.2 Å². The summed E-state index contributed by atoms with van der Waals surface area (Å²) in [6.07, 6.45) is -1.39. The third kappa shape index (κ3) is 2.64. The summed E-state index contributed by atoms with van der Waals surface area (Å²) < 4.78 is 6.99. The molecule has 0 spiro atoms. The second kappa shape index (κ2) is 6.34. The highest BCUT2D eigenvalue weighted by atomic mass is 16.6. The van der Waals surface area contributed by atoms with Crippen molar-refractivity contribution in [3.05, 3.63) is 12.7 Å². The van der Waals surface area contributed by atoms with E-state index in [2.05, 4.69) is 15.0 Å². The summed E-state index contributed by atoms with van der Waals surface area (Å²) in [7, 11) is 1.77. The molecule has 10 nitrogen and oxygen atoms in total. The fourth-order valence-corrected chi connectivity index (χ4v) is 2.67. The Labute approximate surface area is 131 Å². The maximum Gasteiger partial charge on any atom is 0.167 e. The molecule has 4 N–H and O–H groups in total. The van der Waals surface area contributed by atoms with Gasteiger partial charge in [-0.25, -0.2) is 15.0 Å². The van der Waals surface area contributed by atoms with E-state index in [1.54, 1.807) is 11.9 Å². The van der Waals surface area contributed by atoms with Crippen LogP contribution in [0.15, 0.2) is 12.7 Å². The number of hydrogen-bond acceptors (Lipinski definition) is 9. The normalized spacial score (nSPS) is 27.7. The zero-order chi connectivity index (χ0) is 16.6. The molecule has 0 bridgehead atoms. The van der Waals surface area contributed by atoms with Crippen LogP contribution in [0.4, 0.5) is 5.82 Å². The van der Waals surface area contributed by atoms with Gasteiger partial charge in [0.05, 0.1) is 19.5 Å². The van der Waals surface area contributed by atoms with Crippen molar-refractivity contribution >= 4 is 17.0 Å². The number of aliphatic hydroxyl groups is 4. The van der Waals surface area contributed by atoms with Crippen molar-refractivity contribution < 1.29 is 25.2 Å². The van der Waals surface area contributed by atoms with Crippen LogP contribution in [0.3, 0.4) is 0 Å². The van der Waals surface area contributed by atoms with Gasteiger partial charge in [-0.05, 0) is 0 Å². The lowest BCUT2D eigenvalue weighted by Gasteiger charge is -2.18. The Bertz CT molecular complexity index is 680. The van der Waals surface area contributed by atoms with Gasteiger partial charge >= 0.3 is 0 Å². The Kier molecular flexibility index (Phi) is 4.41. The molecule has 3 heterocycles. The van der Waals surface area contributed by atoms with E-state index in [1.807, 2.05) is 0 Å². The lowest BCUT2D eigenvalue weighted by Crippen LogP contribution is -2.33. The number of rotatable bonds is 5. The molecule has 10 heteroatoms. The number of fused-ring (bicyclic) bond motifs is 1. The van der Waals surface area contributed by atoms with Crippen LogP contribution in [0.5, 0.6) is 0 Å². The highest BCUT2D eigenvalue weighted by Gasteiger charge is 2.44. The molecule has 0 radical (unpaired) electrons. The molecule has 1 fully saturated rings. The Morgan fingerprint density at radius 2 is 2.00 bits per heavy atom. The number of hydrogen-bond donors (Lipinski definition) is 4. The molecule has 2 aromatic rings. The van der Waals surface area contributed by atoms with Gasteiger partial charge < -0.3 is 30.1 Å². The van der Waals surface area contributed by atoms with E-state index in [9.17, 15) is 15.3 Å². The minimum Gasteiger partial charge on any atom is -0.395 e. The molecule has 1 saturated heterocycles. The number of imidazole rings is 1. The molecule has 1 unspecified atom stereocenters. The van der Waals surface area contributed by atoms with Gasteiger partial charge in [0.1, 0.15) is 24.6 Å². The van der Waals surface area contributed by atoms with Crippen LogP contribution in [0.2, 0.25) is 0 Å². The van der Waals surface area contributed by atoms with Gasteiger partial charge in [-0.15, -0.1) is 0 Å². The van der Waals surface area contributed by atoms with Gasteiger partial charge in [0.15, 0.2) is 23.2 Å². The number of aliphatic hydroxyl groups excluding tert-OH is 4. The molecule has 0 amide bonds. The highest BCUT2D eigenvalue weighted by Crippen LogP contribution is 2.32. The Balaban J connectivity index is 1.99. The van der Waals surface area contributed by atoms with Gasteiger partial charge in [0.2, 0.25) is 0 Å². The van der Waals surface area contributed by atoms with Crippen molar-refractivity contribution in [3.8, 4) is 0 Å². The van der Waals surface area contributed by atoms with Crippen LogP contribution in [0.1, 0.15) is 6.23 Å². The lowest BCUT2D eigenvalue weighted by molar-refractivity contribution is -0.0511.